The van der Waals surface area contributed by atoms with Gasteiger partial charge < -0.3 is 5.11 Å². The van der Waals surface area contributed by atoms with Gasteiger partial charge in [-0.1, -0.05) is 19.3 Å². The molecule has 0 atom stereocenters. The van der Waals surface area contributed by atoms with Gasteiger partial charge in [-0.25, -0.2) is 14.8 Å². The second kappa shape index (κ2) is 6.09. The third-order valence-corrected chi connectivity index (χ3v) is 2.89. The lowest BCUT2D eigenvalue weighted by Crippen LogP contribution is -2.12. The number of hydrogen-bond acceptors (Lipinski definition) is 4. The number of carbonyl (C=O) groups is 1. The molecule has 6 nitrogen and oxygen atoms in total. The normalized spacial score (nSPS) is 16.9. The highest BCUT2D eigenvalue weighted by Gasteiger charge is 2.10. The van der Waals surface area contributed by atoms with E-state index in [1.807, 2.05) is 0 Å². The molecule has 0 aromatic carbocycles. The standard InChI is InChI=1S/C12H16N4O2/c17-12(18)16-11-13-7-6-10(15-11)8-14-9-4-2-1-3-5-9/h6-9H,1-5H2,(H,17,18)(H,13,15,16). The highest BCUT2D eigenvalue weighted by molar-refractivity contribution is 5.82. The topological polar surface area (TPSA) is 87.5 Å². The van der Waals surface area contributed by atoms with Crippen molar-refractivity contribution in [2.75, 3.05) is 5.32 Å². The van der Waals surface area contributed by atoms with Crippen molar-refractivity contribution in [1.82, 2.24) is 9.97 Å². The minimum Gasteiger partial charge on any atom is -0.465 e. The van der Waals surface area contributed by atoms with E-state index in [9.17, 15) is 4.79 Å². The Morgan fingerprint density at radius 1 is 1.44 bits per heavy atom. The molecule has 1 saturated carbocycles. The van der Waals surface area contributed by atoms with Gasteiger partial charge in [0.25, 0.3) is 0 Å². The van der Waals surface area contributed by atoms with Gasteiger partial charge in [0.15, 0.2) is 0 Å². The number of carboxylic acid groups (broad SMARTS) is 1. The molecular weight excluding hydrogens is 232 g/mol. The predicted octanol–water partition coefficient (Wildman–Crippen LogP) is 2.32. The number of aromatic nitrogens is 2. The Morgan fingerprint density at radius 2 is 2.22 bits per heavy atom. The summed E-state index contributed by atoms with van der Waals surface area (Å²) in [5, 5.41) is 10.7. The summed E-state index contributed by atoms with van der Waals surface area (Å²) in [6.07, 6.45) is 8.06. The van der Waals surface area contributed by atoms with Crippen LogP contribution in [0.2, 0.25) is 0 Å². The Balaban J connectivity index is 1.99. The van der Waals surface area contributed by atoms with E-state index < -0.39 is 6.09 Å². The van der Waals surface area contributed by atoms with E-state index in [1.54, 1.807) is 12.3 Å². The van der Waals surface area contributed by atoms with E-state index >= 15 is 0 Å². The van der Waals surface area contributed by atoms with E-state index in [-0.39, 0.29) is 5.95 Å². The van der Waals surface area contributed by atoms with Crippen LogP contribution in [0, 0.1) is 0 Å². The fourth-order valence-electron chi connectivity index (χ4n) is 2.01. The lowest BCUT2D eigenvalue weighted by atomic mass is 9.96. The Morgan fingerprint density at radius 3 is 2.94 bits per heavy atom. The molecule has 1 aliphatic rings. The van der Waals surface area contributed by atoms with Gasteiger partial charge in [-0.2, -0.15) is 0 Å². The van der Waals surface area contributed by atoms with Crippen molar-refractivity contribution in [3.63, 3.8) is 0 Å². The third-order valence-electron chi connectivity index (χ3n) is 2.89. The first kappa shape index (κ1) is 12.5. The molecule has 1 heterocycles. The maximum absolute atomic E-state index is 10.5. The molecule has 2 N–H and O–H groups in total. The van der Waals surface area contributed by atoms with Crippen LogP contribution in [0.3, 0.4) is 0 Å². The molecule has 0 radical (unpaired) electrons. The zero-order valence-electron chi connectivity index (χ0n) is 10.0. The molecule has 2 rings (SSSR count). The molecule has 1 fully saturated rings. The number of rotatable bonds is 3. The van der Waals surface area contributed by atoms with Crippen LogP contribution < -0.4 is 5.32 Å². The number of aliphatic imine (C=N–C) groups is 1. The average molecular weight is 248 g/mol. The summed E-state index contributed by atoms with van der Waals surface area (Å²) < 4.78 is 0. The van der Waals surface area contributed by atoms with E-state index in [0.29, 0.717) is 11.7 Å². The summed E-state index contributed by atoms with van der Waals surface area (Å²) in [6.45, 7) is 0. The molecule has 1 aromatic rings. The number of anilines is 1. The first-order valence-corrected chi connectivity index (χ1v) is 6.10. The van der Waals surface area contributed by atoms with Crippen molar-refractivity contribution < 1.29 is 9.90 Å². The van der Waals surface area contributed by atoms with Crippen molar-refractivity contribution in [3.05, 3.63) is 18.0 Å². The van der Waals surface area contributed by atoms with Crippen molar-refractivity contribution in [2.24, 2.45) is 4.99 Å². The van der Waals surface area contributed by atoms with Gasteiger partial charge in [-0.3, -0.25) is 10.3 Å². The fourth-order valence-corrected chi connectivity index (χ4v) is 2.01. The quantitative estimate of drug-likeness (QED) is 0.803. The number of nitrogens with one attached hydrogen (secondary N) is 1. The lowest BCUT2D eigenvalue weighted by Gasteiger charge is -2.16. The SMILES string of the molecule is O=C(O)Nc1nccc(C=NC2CCCCC2)n1. The maximum atomic E-state index is 10.5. The average Bonchev–Trinajstić information content (AvgIpc) is 2.37. The summed E-state index contributed by atoms with van der Waals surface area (Å²) >= 11 is 0. The van der Waals surface area contributed by atoms with Gasteiger partial charge in [0.05, 0.1) is 11.7 Å². The molecule has 0 bridgehead atoms. The van der Waals surface area contributed by atoms with Gasteiger partial charge in [0.2, 0.25) is 5.95 Å². The molecule has 96 valence electrons. The summed E-state index contributed by atoms with van der Waals surface area (Å²) in [5.74, 6) is 0.0788. The Kier molecular flexibility index (Phi) is 4.22. The molecule has 1 aromatic heterocycles. The van der Waals surface area contributed by atoms with Crippen LogP contribution in [0.4, 0.5) is 10.7 Å². The van der Waals surface area contributed by atoms with Crippen LogP contribution in [0.15, 0.2) is 17.3 Å². The van der Waals surface area contributed by atoms with Gasteiger partial charge in [-0.15, -0.1) is 0 Å². The molecule has 0 unspecified atom stereocenters. The van der Waals surface area contributed by atoms with Gasteiger partial charge in [0.1, 0.15) is 0 Å². The molecular formula is C12H16N4O2. The van der Waals surface area contributed by atoms with E-state index in [2.05, 4.69) is 20.3 Å². The van der Waals surface area contributed by atoms with Crippen LogP contribution >= 0.6 is 0 Å². The van der Waals surface area contributed by atoms with Gasteiger partial charge >= 0.3 is 6.09 Å². The second-order valence-electron chi connectivity index (χ2n) is 4.31. The number of amides is 1. The molecule has 1 amide bonds. The highest BCUT2D eigenvalue weighted by Crippen LogP contribution is 2.19. The van der Waals surface area contributed by atoms with Crippen LogP contribution in [0.1, 0.15) is 37.8 Å². The van der Waals surface area contributed by atoms with Gasteiger partial charge in [0, 0.05) is 12.4 Å². The summed E-state index contributed by atoms with van der Waals surface area (Å²) in [6, 6.07) is 2.09. The van der Waals surface area contributed by atoms with Crippen molar-refractivity contribution in [1.29, 1.82) is 0 Å². The Hall–Kier alpha value is -1.98. The fraction of sp³-hybridized carbons (Fsp3) is 0.500. The smallest absolute Gasteiger partial charge is 0.411 e. The van der Waals surface area contributed by atoms with E-state index in [4.69, 9.17) is 5.11 Å². The molecule has 18 heavy (non-hydrogen) atoms. The molecule has 1 aliphatic carbocycles. The third kappa shape index (κ3) is 3.80. The Bertz CT molecular complexity index is 441. The van der Waals surface area contributed by atoms with Crippen molar-refractivity contribution in [3.8, 4) is 0 Å². The minimum absolute atomic E-state index is 0.0788. The van der Waals surface area contributed by atoms with Crippen molar-refractivity contribution >= 4 is 18.3 Å². The maximum Gasteiger partial charge on any atom is 0.411 e. The van der Waals surface area contributed by atoms with Crippen molar-refractivity contribution in [2.45, 2.75) is 38.1 Å². The van der Waals surface area contributed by atoms with Crippen LogP contribution in [-0.2, 0) is 0 Å². The van der Waals surface area contributed by atoms with Crippen LogP contribution in [-0.4, -0.2) is 33.4 Å². The molecule has 0 spiro atoms. The minimum atomic E-state index is -1.17. The number of hydrogen-bond donors (Lipinski definition) is 2. The molecule has 6 heteroatoms. The lowest BCUT2D eigenvalue weighted by molar-refractivity contribution is 0.209. The monoisotopic (exact) mass is 248 g/mol. The highest BCUT2D eigenvalue weighted by atomic mass is 16.4. The molecule has 0 aliphatic heterocycles. The Labute approximate surface area is 105 Å². The van der Waals surface area contributed by atoms with E-state index in [0.717, 1.165) is 12.8 Å². The zero-order chi connectivity index (χ0) is 12.8. The predicted molar refractivity (Wildman–Crippen MR) is 68.1 cm³/mol. The van der Waals surface area contributed by atoms with Crippen LogP contribution in [0.25, 0.3) is 0 Å². The van der Waals surface area contributed by atoms with E-state index in [1.165, 1.54) is 25.5 Å². The number of nitrogens with zero attached hydrogens (tertiary/aromatic N) is 3. The molecule has 0 saturated heterocycles. The summed E-state index contributed by atoms with van der Waals surface area (Å²) in [4.78, 5) is 22.8. The summed E-state index contributed by atoms with van der Waals surface area (Å²) in [7, 11) is 0. The zero-order valence-corrected chi connectivity index (χ0v) is 10.0. The van der Waals surface area contributed by atoms with Gasteiger partial charge in [-0.05, 0) is 18.9 Å². The van der Waals surface area contributed by atoms with Crippen LogP contribution in [0.5, 0.6) is 0 Å². The first-order chi connectivity index (χ1) is 8.74. The summed E-state index contributed by atoms with van der Waals surface area (Å²) in [5.41, 5.74) is 0.624. The second-order valence-corrected chi connectivity index (χ2v) is 4.31. The first-order valence-electron chi connectivity index (χ1n) is 6.10. The largest absolute Gasteiger partial charge is 0.465 e.